The fourth-order valence-corrected chi connectivity index (χ4v) is 2.14. The van der Waals surface area contributed by atoms with E-state index in [1.165, 1.54) is 0 Å². The van der Waals surface area contributed by atoms with Crippen molar-refractivity contribution in [2.45, 2.75) is 20.3 Å². The van der Waals surface area contributed by atoms with Crippen molar-refractivity contribution in [3.8, 4) is 5.75 Å². The molecule has 5 nitrogen and oxygen atoms in total. The van der Waals surface area contributed by atoms with Crippen LogP contribution in [0.4, 0.5) is 5.69 Å². The van der Waals surface area contributed by atoms with Gasteiger partial charge in [-0.25, -0.2) is 4.79 Å². The maximum atomic E-state index is 12.0. The molecule has 126 valence electrons. The van der Waals surface area contributed by atoms with Crippen molar-refractivity contribution in [1.29, 1.82) is 0 Å². The third-order valence-electron chi connectivity index (χ3n) is 3.33. The van der Waals surface area contributed by atoms with E-state index in [1.807, 2.05) is 24.3 Å². The van der Waals surface area contributed by atoms with Crippen LogP contribution in [0.2, 0.25) is 0 Å². The van der Waals surface area contributed by atoms with Crippen LogP contribution < -0.4 is 10.1 Å². The summed E-state index contributed by atoms with van der Waals surface area (Å²) in [5, 5.41) is 2.71. The number of rotatable bonds is 7. The molecule has 2 rings (SSSR count). The molecule has 0 fully saturated rings. The Labute approximate surface area is 141 Å². The minimum absolute atomic E-state index is 0.100. The molecule has 1 amide bonds. The summed E-state index contributed by atoms with van der Waals surface area (Å²) in [6.45, 7) is 4.01. The van der Waals surface area contributed by atoms with Gasteiger partial charge in [-0.2, -0.15) is 0 Å². The van der Waals surface area contributed by atoms with E-state index in [0.29, 0.717) is 23.6 Å². The molecule has 0 radical (unpaired) electrons. The molecule has 2 aromatic rings. The highest BCUT2D eigenvalue weighted by Crippen LogP contribution is 2.15. The van der Waals surface area contributed by atoms with E-state index in [1.54, 1.807) is 31.2 Å². The number of benzene rings is 2. The second-order valence-corrected chi connectivity index (χ2v) is 5.14. The van der Waals surface area contributed by atoms with Gasteiger partial charge in [-0.3, -0.25) is 4.79 Å². The zero-order chi connectivity index (χ0) is 17.4. The topological polar surface area (TPSA) is 64.6 Å². The van der Waals surface area contributed by atoms with Crippen molar-refractivity contribution in [2.75, 3.05) is 18.5 Å². The summed E-state index contributed by atoms with van der Waals surface area (Å²) in [4.78, 5) is 23.7. The van der Waals surface area contributed by atoms with Crippen molar-refractivity contribution < 1.29 is 19.1 Å². The predicted octanol–water partition coefficient (Wildman–Crippen LogP) is 3.44. The number of amides is 1. The smallest absolute Gasteiger partial charge is 0.338 e. The summed E-state index contributed by atoms with van der Waals surface area (Å²) in [7, 11) is 0. The second-order valence-electron chi connectivity index (χ2n) is 5.14. The van der Waals surface area contributed by atoms with Gasteiger partial charge in [0.05, 0.1) is 12.2 Å². The van der Waals surface area contributed by atoms with E-state index in [2.05, 4.69) is 12.2 Å². The largest absolute Gasteiger partial charge is 0.484 e. The SMILES string of the molecule is CCOC(=O)c1cccc(NC(=O)COc2cccc(CC)c2)c1. The molecule has 0 aliphatic rings. The summed E-state index contributed by atoms with van der Waals surface area (Å²) >= 11 is 0. The molecule has 0 saturated carbocycles. The highest BCUT2D eigenvalue weighted by Gasteiger charge is 2.09. The van der Waals surface area contributed by atoms with Gasteiger partial charge in [0.15, 0.2) is 6.61 Å². The molecule has 0 atom stereocenters. The maximum Gasteiger partial charge on any atom is 0.338 e. The van der Waals surface area contributed by atoms with E-state index in [9.17, 15) is 9.59 Å². The average Bonchev–Trinajstić information content (AvgIpc) is 2.60. The number of nitrogens with one attached hydrogen (secondary N) is 1. The lowest BCUT2D eigenvalue weighted by molar-refractivity contribution is -0.118. The Kier molecular flexibility index (Phi) is 6.37. The van der Waals surface area contributed by atoms with Crippen molar-refractivity contribution in [1.82, 2.24) is 0 Å². The predicted molar refractivity (Wildman–Crippen MR) is 92.3 cm³/mol. The summed E-state index contributed by atoms with van der Waals surface area (Å²) in [5.74, 6) is -0.0519. The van der Waals surface area contributed by atoms with Crippen LogP contribution in [0.1, 0.15) is 29.8 Å². The molecule has 0 unspecified atom stereocenters. The van der Waals surface area contributed by atoms with Crippen LogP contribution in [0, 0.1) is 0 Å². The summed E-state index contributed by atoms with van der Waals surface area (Å²) in [5.41, 5.74) is 2.07. The molecule has 0 heterocycles. The fourth-order valence-electron chi connectivity index (χ4n) is 2.14. The van der Waals surface area contributed by atoms with Gasteiger partial charge in [0.1, 0.15) is 5.75 Å². The number of anilines is 1. The van der Waals surface area contributed by atoms with Gasteiger partial charge in [0.25, 0.3) is 5.91 Å². The van der Waals surface area contributed by atoms with E-state index in [0.717, 1.165) is 12.0 Å². The van der Waals surface area contributed by atoms with Crippen molar-refractivity contribution in [2.24, 2.45) is 0 Å². The Bertz CT molecular complexity index is 712. The highest BCUT2D eigenvalue weighted by molar-refractivity contribution is 5.95. The van der Waals surface area contributed by atoms with Gasteiger partial charge in [0, 0.05) is 5.69 Å². The Morgan fingerprint density at radius 3 is 2.58 bits per heavy atom. The number of aryl methyl sites for hydroxylation is 1. The van der Waals surface area contributed by atoms with Gasteiger partial charge in [0.2, 0.25) is 0 Å². The van der Waals surface area contributed by atoms with Crippen LogP contribution in [0.3, 0.4) is 0 Å². The number of ether oxygens (including phenoxy) is 2. The minimum atomic E-state index is -0.416. The Hall–Kier alpha value is -2.82. The quantitative estimate of drug-likeness (QED) is 0.791. The molecular weight excluding hydrogens is 306 g/mol. The van der Waals surface area contributed by atoms with Crippen LogP contribution in [0.5, 0.6) is 5.75 Å². The third kappa shape index (κ3) is 5.12. The second kappa shape index (κ2) is 8.72. The highest BCUT2D eigenvalue weighted by atomic mass is 16.5. The molecule has 5 heteroatoms. The Morgan fingerprint density at radius 1 is 1.04 bits per heavy atom. The Balaban J connectivity index is 1.92. The normalized spacial score (nSPS) is 10.1. The lowest BCUT2D eigenvalue weighted by Gasteiger charge is -2.09. The lowest BCUT2D eigenvalue weighted by Crippen LogP contribution is -2.20. The van der Waals surface area contributed by atoms with Crippen molar-refractivity contribution >= 4 is 17.6 Å². The van der Waals surface area contributed by atoms with Crippen LogP contribution >= 0.6 is 0 Å². The Morgan fingerprint density at radius 2 is 1.83 bits per heavy atom. The first-order valence-corrected chi connectivity index (χ1v) is 7.91. The molecule has 24 heavy (non-hydrogen) atoms. The molecular formula is C19H21NO4. The van der Waals surface area contributed by atoms with Gasteiger partial charge in [-0.05, 0) is 49.2 Å². The standard InChI is InChI=1S/C19H21NO4/c1-3-14-7-5-10-17(11-14)24-13-18(21)20-16-9-6-8-15(12-16)19(22)23-4-2/h5-12H,3-4,13H2,1-2H3,(H,20,21). The molecule has 0 aliphatic carbocycles. The van der Waals surface area contributed by atoms with Crippen molar-refractivity contribution in [3.05, 3.63) is 59.7 Å². The van der Waals surface area contributed by atoms with E-state index >= 15 is 0 Å². The van der Waals surface area contributed by atoms with E-state index < -0.39 is 5.97 Å². The summed E-state index contributed by atoms with van der Waals surface area (Å²) in [6.07, 6.45) is 0.907. The maximum absolute atomic E-state index is 12.0. The average molecular weight is 327 g/mol. The number of hydrogen-bond acceptors (Lipinski definition) is 4. The fraction of sp³-hybridized carbons (Fsp3) is 0.263. The summed E-state index contributed by atoms with van der Waals surface area (Å²) in [6, 6.07) is 14.2. The molecule has 0 spiro atoms. The van der Waals surface area contributed by atoms with Gasteiger partial charge in [-0.15, -0.1) is 0 Å². The van der Waals surface area contributed by atoms with Crippen LogP contribution in [-0.4, -0.2) is 25.1 Å². The number of carbonyl (C=O) groups is 2. The number of esters is 1. The lowest BCUT2D eigenvalue weighted by atomic mass is 10.2. The number of carbonyl (C=O) groups excluding carboxylic acids is 2. The van der Waals surface area contributed by atoms with Crippen molar-refractivity contribution in [3.63, 3.8) is 0 Å². The zero-order valence-corrected chi connectivity index (χ0v) is 13.9. The first kappa shape index (κ1) is 17.5. The molecule has 0 saturated heterocycles. The minimum Gasteiger partial charge on any atom is -0.484 e. The van der Waals surface area contributed by atoms with Crippen LogP contribution in [0.25, 0.3) is 0 Å². The first-order chi connectivity index (χ1) is 11.6. The number of hydrogen-bond donors (Lipinski definition) is 1. The first-order valence-electron chi connectivity index (χ1n) is 7.91. The van der Waals surface area contributed by atoms with E-state index in [4.69, 9.17) is 9.47 Å². The van der Waals surface area contributed by atoms with Crippen LogP contribution in [-0.2, 0) is 16.0 Å². The molecule has 0 bridgehead atoms. The monoisotopic (exact) mass is 327 g/mol. The van der Waals surface area contributed by atoms with Gasteiger partial charge in [-0.1, -0.05) is 25.1 Å². The summed E-state index contributed by atoms with van der Waals surface area (Å²) < 4.78 is 10.4. The molecule has 0 aliphatic heterocycles. The zero-order valence-electron chi connectivity index (χ0n) is 13.9. The molecule has 1 N–H and O–H groups in total. The van der Waals surface area contributed by atoms with Gasteiger partial charge >= 0.3 is 5.97 Å². The third-order valence-corrected chi connectivity index (χ3v) is 3.33. The van der Waals surface area contributed by atoms with Gasteiger partial charge < -0.3 is 14.8 Å². The van der Waals surface area contributed by atoms with E-state index in [-0.39, 0.29) is 12.5 Å². The van der Waals surface area contributed by atoms with Crippen LogP contribution in [0.15, 0.2) is 48.5 Å². The molecule has 0 aromatic heterocycles. The molecule has 2 aromatic carbocycles.